The third kappa shape index (κ3) is 3.77. The third-order valence-electron chi connectivity index (χ3n) is 3.06. The average Bonchev–Trinajstić information content (AvgIpc) is 2.33. The molecule has 0 saturated heterocycles. The predicted molar refractivity (Wildman–Crippen MR) is 76.2 cm³/mol. The minimum atomic E-state index is -1.19. The Morgan fingerprint density at radius 2 is 1.90 bits per heavy atom. The van der Waals surface area contributed by atoms with Crippen LogP contribution in [0.1, 0.15) is 36.7 Å². The van der Waals surface area contributed by atoms with Gasteiger partial charge in [0.2, 0.25) is 0 Å². The molecule has 0 heterocycles. The Balaban J connectivity index is 3.21. The van der Waals surface area contributed by atoms with Gasteiger partial charge in [-0.05, 0) is 17.9 Å². The molecule has 0 aromatic heterocycles. The minimum absolute atomic E-state index is 0.113. The van der Waals surface area contributed by atoms with Crippen LogP contribution in [0.2, 0.25) is 0 Å². The molecule has 1 rings (SSSR count). The van der Waals surface area contributed by atoms with Crippen LogP contribution in [0.4, 0.5) is 5.69 Å². The van der Waals surface area contributed by atoms with E-state index >= 15 is 0 Å². The van der Waals surface area contributed by atoms with Crippen molar-refractivity contribution in [3.8, 4) is 0 Å². The van der Waals surface area contributed by atoms with Gasteiger partial charge in [0.25, 0.3) is 11.6 Å². The lowest BCUT2D eigenvalue weighted by molar-refractivity contribution is -0.385. The first-order chi connectivity index (χ1) is 9.55. The van der Waals surface area contributed by atoms with Crippen LogP contribution in [-0.4, -0.2) is 27.9 Å². The third-order valence-corrected chi connectivity index (χ3v) is 3.06. The summed E-state index contributed by atoms with van der Waals surface area (Å²) in [6, 6.07) is 3.11. The van der Waals surface area contributed by atoms with Gasteiger partial charge in [-0.2, -0.15) is 0 Å². The molecule has 2 N–H and O–H groups in total. The lowest BCUT2D eigenvalue weighted by Gasteiger charge is -2.27. The number of hydrogen-bond donors (Lipinski definition) is 2. The van der Waals surface area contributed by atoms with E-state index in [0.29, 0.717) is 5.56 Å². The molecule has 1 aromatic carbocycles. The summed E-state index contributed by atoms with van der Waals surface area (Å²) < 4.78 is 0. The van der Waals surface area contributed by atoms with Crippen molar-refractivity contribution in [3.05, 3.63) is 39.4 Å². The SMILES string of the molecule is Cc1cccc([N+](=O)[O-])c1C(=O)N[C@@H](C(=O)O)C(C)(C)C. The van der Waals surface area contributed by atoms with E-state index in [1.165, 1.54) is 12.1 Å². The summed E-state index contributed by atoms with van der Waals surface area (Å²) >= 11 is 0. The van der Waals surface area contributed by atoms with E-state index in [0.717, 1.165) is 0 Å². The normalized spacial score (nSPS) is 12.6. The number of hydrogen-bond acceptors (Lipinski definition) is 4. The Kier molecular flexibility index (Phi) is 4.67. The molecular weight excluding hydrogens is 276 g/mol. The summed E-state index contributed by atoms with van der Waals surface area (Å²) in [5.74, 6) is -1.95. The van der Waals surface area contributed by atoms with Crippen LogP contribution in [0.3, 0.4) is 0 Å². The van der Waals surface area contributed by atoms with Crippen molar-refractivity contribution in [2.24, 2.45) is 5.41 Å². The summed E-state index contributed by atoms with van der Waals surface area (Å²) in [4.78, 5) is 33.9. The fourth-order valence-corrected chi connectivity index (χ4v) is 1.95. The zero-order chi connectivity index (χ0) is 16.4. The van der Waals surface area contributed by atoms with Crippen molar-refractivity contribution in [1.82, 2.24) is 5.32 Å². The number of benzene rings is 1. The molecule has 0 bridgehead atoms. The van der Waals surface area contributed by atoms with Crippen LogP contribution in [0, 0.1) is 22.5 Å². The highest BCUT2D eigenvalue weighted by atomic mass is 16.6. The van der Waals surface area contributed by atoms with Gasteiger partial charge in [0.15, 0.2) is 0 Å². The number of nitro benzene ring substituents is 1. The Labute approximate surface area is 122 Å². The molecule has 7 heteroatoms. The Bertz CT molecular complexity index is 590. The van der Waals surface area contributed by atoms with E-state index in [-0.39, 0.29) is 11.3 Å². The fraction of sp³-hybridized carbons (Fsp3) is 0.429. The molecular formula is C14H18N2O5. The monoisotopic (exact) mass is 294 g/mol. The maximum Gasteiger partial charge on any atom is 0.326 e. The zero-order valence-corrected chi connectivity index (χ0v) is 12.3. The lowest BCUT2D eigenvalue weighted by atomic mass is 9.86. The molecule has 21 heavy (non-hydrogen) atoms. The van der Waals surface area contributed by atoms with Crippen LogP contribution in [-0.2, 0) is 4.79 Å². The van der Waals surface area contributed by atoms with Crippen LogP contribution in [0.25, 0.3) is 0 Å². The second-order valence-corrected chi connectivity index (χ2v) is 5.84. The fourth-order valence-electron chi connectivity index (χ4n) is 1.95. The van der Waals surface area contributed by atoms with Gasteiger partial charge in [0, 0.05) is 6.07 Å². The molecule has 0 radical (unpaired) electrons. The molecule has 0 fully saturated rings. The summed E-state index contributed by atoms with van der Waals surface area (Å²) in [5.41, 5.74) is -0.762. The van der Waals surface area contributed by atoms with Gasteiger partial charge < -0.3 is 10.4 Å². The van der Waals surface area contributed by atoms with Crippen molar-refractivity contribution in [2.75, 3.05) is 0 Å². The van der Waals surface area contributed by atoms with Gasteiger partial charge in [-0.3, -0.25) is 14.9 Å². The lowest BCUT2D eigenvalue weighted by Crippen LogP contribution is -2.49. The molecule has 0 aliphatic rings. The highest BCUT2D eigenvalue weighted by molar-refractivity contribution is 6.01. The van der Waals surface area contributed by atoms with E-state index in [1.54, 1.807) is 33.8 Å². The highest BCUT2D eigenvalue weighted by Crippen LogP contribution is 2.24. The van der Waals surface area contributed by atoms with Crippen molar-refractivity contribution in [3.63, 3.8) is 0 Å². The number of carbonyl (C=O) groups excluding carboxylic acids is 1. The number of amides is 1. The Hall–Kier alpha value is -2.44. The van der Waals surface area contributed by atoms with Gasteiger partial charge >= 0.3 is 5.97 Å². The van der Waals surface area contributed by atoms with Crippen molar-refractivity contribution in [2.45, 2.75) is 33.7 Å². The first-order valence-electron chi connectivity index (χ1n) is 6.33. The molecule has 1 aromatic rings. The summed E-state index contributed by atoms with van der Waals surface area (Å²) in [7, 11) is 0. The topological polar surface area (TPSA) is 110 Å². The Morgan fingerprint density at radius 3 is 2.33 bits per heavy atom. The molecule has 0 aliphatic heterocycles. The van der Waals surface area contributed by atoms with Crippen molar-refractivity contribution >= 4 is 17.6 Å². The molecule has 0 aliphatic carbocycles. The summed E-state index contributed by atoms with van der Waals surface area (Å²) in [5, 5.41) is 22.6. The molecule has 1 amide bonds. The largest absolute Gasteiger partial charge is 0.480 e. The minimum Gasteiger partial charge on any atom is -0.480 e. The number of carboxylic acids is 1. The van der Waals surface area contributed by atoms with E-state index in [1.807, 2.05) is 0 Å². The van der Waals surface area contributed by atoms with Crippen molar-refractivity contribution in [1.29, 1.82) is 0 Å². The number of aliphatic carboxylic acids is 1. The van der Waals surface area contributed by atoms with Crippen LogP contribution in [0.5, 0.6) is 0 Å². The van der Waals surface area contributed by atoms with E-state index < -0.39 is 28.3 Å². The number of aryl methyl sites for hydroxylation is 1. The standard InChI is InChI=1S/C14H18N2O5/c1-8-6-5-7-9(16(20)21)10(8)12(17)15-11(13(18)19)14(2,3)4/h5-7,11H,1-4H3,(H,15,17)(H,18,19)/t11-/m0/s1. The number of nitrogens with zero attached hydrogens (tertiary/aromatic N) is 1. The quantitative estimate of drug-likeness (QED) is 0.653. The van der Waals surface area contributed by atoms with Crippen molar-refractivity contribution < 1.29 is 19.6 Å². The van der Waals surface area contributed by atoms with E-state index in [4.69, 9.17) is 0 Å². The maximum atomic E-state index is 12.3. The smallest absolute Gasteiger partial charge is 0.326 e. The number of carbonyl (C=O) groups is 2. The number of nitrogens with one attached hydrogen (secondary N) is 1. The Morgan fingerprint density at radius 1 is 1.33 bits per heavy atom. The van der Waals surface area contributed by atoms with Gasteiger partial charge in [-0.1, -0.05) is 32.9 Å². The number of rotatable bonds is 4. The first-order valence-corrected chi connectivity index (χ1v) is 6.33. The average molecular weight is 294 g/mol. The van der Waals surface area contributed by atoms with Gasteiger partial charge in [0.1, 0.15) is 11.6 Å². The highest BCUT2D eigenvalue weighted by Gasteiger charge is 2.34. The van der Waals surface area contributed by atoms with E-state index in [9.17, 15) is 24.8 Å². The summed E-state index contributed by atoms with van der Waals surface area (Å²) in [6.45, 7) is 6.56. The second-order valence-electron chi connectivity index (χ2n) is 5.84. The number of nitro groups is 1. The maximum absolute atomic E-state index is 12.3. The molecule has 114 valence electrons. The molecule has 1 atom stereocenters. The molecule has 7 nitrogen and oxygen atoms in total. The number of carboxylic acid groups (broad SMARTS) is 1. The first kappa shape index (κ1) is 16.6. The van der Waals surface area contributed by atoms with Gasteiger partial charge in [-0.15, -0.1) is 0 Å². The molecule has 0 saturated carbocycles. The van der Waals surface area contributed by atoms with Crippen LogP contribution in [0.15, 0.2) is 18.2 Å². The van der Waals surface area contributed by atoms with Gasteiger partial charge in [-0.25, -0.2) is 4.79 Å². The molecule has 0 unspecified atom stereocenters. The second kappa shape index (κ2) is 5.90. The van der Waals surface area contributed by atoms with Crippen LogP contribution < -0.4 is 5.32 Å². The predicted octanol–water partition coefficient (Wildman–Crippen LogP) is 2.13. The molecule has 0 spiro atoms. The van der Waals surface area contributed by atoms with E-state index in [2.05, 4.69) is 5.32 Å². The van der Waals surface area contributed by atoms with Crippen LogP contribution >= 0.6 is 0 Å². The van der Waals surface area contributed by atoms with Gasteiger partial charge in [0.05, 0.1) is 4.92 Å². The zero-order valence-electron chi connectivity index (χ0n) is 12.3. The summed E-state index contributed by atoms with van der Waals surface area (Å²) in [6.07, 6.45) is 0.